The maximum atomic E-state index is 11.8. The maximum absolute atomic E-state index is 11.8. The topological polar surface area (TPSA) is 75.6 Å². The van der Waals surface area contributed by atoms with E-state index in [1.54, 1.807) is 40.7 Å². The van der Waals surface area contributed by atoms with Crippen LogP contribution in [-0.2, 0) is 4.74 Å². The molecule has 0 aromatic heterocycles. The third-order valence-corrected chi connectivity index (χ3v) is 2.81. The van der Waals surface area contributed by atoms with E-state index < -0.39 is 17.7 Å². The Balaban J connectivity index is 3.16. The lowest BCUT2D eigenvalue weighted by Crippen LogP contribution is -2.28. The van der Waals surface area contributed by atoms with Gasteiger partial charge in [0.1, 0.15) is 5.60 Å². The molecule has 0 saturated heterocycles. The molecule has 1 amide bonds. The Kier molecular flexibility index (Phi) is 4.43. The molecule has 0 bridgehead atoms. The summed E-state index contributed by atoms with van der Waals surface area (Å²) in [5.74, 6) is -1.01. The molecule has 0 aliphatic heterocycles. The molecule has 0 heterocycles. The fraction of sp³-hybridized carbons (Fsp3) is 0.467. The van der Waals surface area contributed by atoms with E-state index in [2.05, 4.69) is 5.32 Å². The molecular formula is C15H21NO4. The van der Waals surface area contributed by atoms with Crippen LogP contribution in [0.1, 0.15) is 47.8 Å². The Morgan fingerprint density at radius 1 is 1.15 bits per heavy atom. The Labute approximate surface area is 118 Å². The molecule has 0 aliphatic rings. The summed E-state index contributed by atoms with van der Waals surface area (Å²) in [5, 5.41) is 11.9. The van der Waals surface area contributed by atoms with Crippen molar-refractivity contribution in [3.8, 4) is 0 Å². The number of aryl methyl sites for hydroxylation is 2. The normalized spacial score (nSPS) is 11.1. The van der Waals surface area contributed by atoms with Gasteiger partial charge in [0.2, 0.25) is 0 Å². The van der Waals surface area contributed by atoms with Crippen LogP contribution in [0, 0.1) is 20.8 Å². The van der Waals surface area contributed by atoms with Gasteiger partial charge in [0.25, 0.3) is 0 Å². The van der Waals surface area contributed by atoms with Gasteiger partial charge in [-0.15, -0.1) is 0 Å². The fourth-order valence-electron chi connectivity index (χ4n) is 2.11. The molecule has 1 rings (SSSR count). The van der Waals surface area contributed by atoms with Crippen molar-refractivity contribution in [2.75, 3.05) is 5.32 Å². The molecule has 1 aromatic rings. The number of anilines is 1. The van der Waals surface area contributed by atoms with Gasteiger partial charge >= 0.3 is 12.1 Å². The number of carbonyl (C=O) groups excluding carboxylic acids is 1. The summed E-state index contributed by atoms with van der Waals surface area (Å²) >= 11 is 0. The van der Waals surface area contributed by atoms with Gasteiger partial charge in [-0.3, -0.25) is 5.32 Å². The Hall–Kier alpha value is -2.04. The van der Waals surface area contributed by atoms with E-state index in [0.717, 1.165) is 5.56 Å². The second kappa shape index (κ2) is 5.53. The maximum Gasteiger partial charge on any atom is 0.412 e. The fourth-order valence-corrected chi connectivity index (χ4v) is 2.11. The molecule has 0 fully saturated rings. The summed E-state index contributed by atoms with van der Waals surface area (Å²) in [7, 11) is 0. The van der Waals surface area contributed by atoms with Gasteiger partial charge in [-0.2, -0.15) is 0 Å². The van der Waals surface area contributed by atoms with Crippen LogP contribution in [0.5, 0.6) is 0 Å². The number of nitrogens with one attached hydrogen (secondary N) is 1. The standard InChI is InChI=1S/C15H21NO4/c1-8-7-9(2)12(10(3)11(8)13(17)18)16-14(19)20-15(4,5)6/h7H,1-6H3,(H,16,19)(H,17,18). The highest BCUT2D eigenvalue weighted by atomic mass is 16.6. The van der Waals surface area contributed by atoms with Crippen LogP contribution in [-0.4, -0.2) is 22.8 Å². The first-order chi connectivity index (χ1) is 9.03. The molecule has 0 unspecified atom stereocenters. The molecular weight excluding hydrogens is 258 g/mol. The van der Waals surface area contributed by atoms with Crippen molar-refractivity contribution in [3.63, 3.8) is 0 Å². The average Bonchev–Trinajstić information content (AvgIpc) is 2.20. The van der Waals surface area contributed by atoms with E-state index in [9.17, 15) is 14.7 Å². The lowest BCUT2D eigenvalue weighted by molar-refractivity contribution is 0.0632. The molecule has 0 spiro atoms. The highest BCUT2D eigenvalue weighted by Gasteiger charge is 2.20. The number of amides is 1. The average molecular weight is 279 g/mol. The molecule has 0 saturated carbocycles. The van der Waals surface area contributed by atoms with Crippen LogP contribution >= 0.6 is 0 Å². The Bertz CT molecular complexity index is 556. The van der Waals surface area contributed by atoms with E-state index in [-0.39, 0.29) is 5.56 Å². The van der Waals surface area contributed by atoms with Crippen molar-refractivity contribution < 1.29 is 19.4 Å². The van der Waals surface area contributed by atoms with Crippen LogP contribution in [0.4, 0.5) is 10.5 Å². The number of carboxylic acids is 1. The van der Waals surface area contributed by atoms with E-state index in [0.29, 0.717) is 16.8 Å². The predicted octanol–water partition coefficient (Wildman–Crippen LogP) is 3.66. The SMILES string of the molecule is Cc1cc(C)c(C(=O)O)c(C)c1NC(=O)OC(C)(C)C. The third kappa shape index (κ3) is 3.73. The van der Waals surface area contributed by atoms with Gasteiger partial charge in [0.15, 0.2) is 0 Å². The number of carbonyl (C=O) groups is 2. The molecule has 5 heteroatoms. The number of hydrogen-bond donors (Lipinski definition) is 2. The lowest BCUT2D eigenvalue weighted by Gasteiger charge is -2.21. The quantitative estimate of drug-likeness (QED) is 0.866. The van der Waals surface area contributed by atoms with E-state index >= 15 is 0 Å². The van der Waals surface area contributed by atoms with Gasteiger partial charge in [0, 0.05) is 0 Å². The summed E-state index contributed by atoms with van der Waals surface area (Å²) in [4.78, 5) is 23.1. The smallest absolute Gasteiger partial charge is 0.412 e. The summed E-state index contributed by atoms with van der Waals surface area (Å²) in [5.41, 5.74) is 2.09. The van der Waals surface area contributed by atoms with Crippen molar-refractivity contribution in [1.29, 1.82) is 0 Å². The molecule has 1 aromatic carbocycles. The summed E-state index contributed by atoms with van der Waals surface area (Å²) in [6, 6.07) is 1.74. The van der Waals surface area contributed by atoms with Crippen LogP contribution in [0.15, 0.2) is 6.07 Å². The van der Waals surface area contributed by atoms with Crippen molar-refractivity contribution in [1.82, 2.24) is 0 Å². The van der Waals surface area contributed by atoms with Crippen LogP contribution in [0.3, 0.4) is 0 Å². The second-order valence-electron chi connectivity index (χ2n) is 5.82. The second-order valence-corrected chi connectivity index (χ2v) is 5.82. The first-order valence-electron chi connectivity index (χ1n) is 6.37. The highest BCUT2D eigenvalue weighted by Crippen LogP contribution is 2.27. The number of aromatic carboxylic acids is 1. The first-order valence-corrected chi connectivity index (χ1v) is 6.37. The Morgan fingerprint density at radius 3 is 2.15 bits per heavy atom. The number of ether oxygens (including phenoxy) is 1. The van der Waals surface area contributed by atoms with Crippen molar-refractivity contribution >= 4 is 17.7 Å². The molecule has 2 N–H and O–H groups in total. The molecule has 5 nitrogen and oxygen atoms in total. The van der Waals surface area contributed by atoms with Gasteiger partial charge in [-0.1, -0.05) is 6.07 Å². The van der Waals surface area contributed by atoms with Gasteiger partial charge in [0.05, 0.1) is 11.3 Å². The zero-order valence-corrected chi connectivity index (χ0v) is 12.7. The number of hydrogen-bond acceptors (Lipinski definition) is 3. The van der Waals surface area contributed by atoms with Gasteiger partial charge in [-0.05, 0) is 58.2 Å². The number of rotatable bonds is 2. The van der Waals surface area contributed by atoms with E-state index in [1.165, 1.54) is 0 Å². The minimum atomic E-state index is -1.01. The monoisotopic (exact) mass is 279 g/mol. The molecule has 0 atom stereocenters. The van der Waals surface area contributed by atoms with Crippen molar-refractivity contribution in [2.24, 2.45) is 0 Å². The third-order valence-electron chi connectivity index (χ3n) is 2.81. The van der Waals surface area contributed by atoms with Gasteiger partial charge < -0.3 is 9.84 Å². The molecule has 20 heavy (non-hydrogen) atoms. The number of benzene rings is 1. The summed E-state index contributed by atoms with van der Waals surface area (Å²) in [6.07, 6.45) is -0.594. The largest absolute Gasteiger partial charge is 0.478 e. The molecule has 0 radical (unpaired) electrons. The zero-order valence-electron chi connectivity index (χ0n) is 12.7. The van der Waals surface area contributed by atoms with E-state index in [1.807, 2.05) is 6.92 Å². The Morgan fingerprint density at radius 2 is 1.70 bits per heavy atom. The summed E-state index contributed by atoms with van der Waals surface area (Å²) in [6.45, 7) is 10.5. The minimum absolute atomic E-state index is 0.210. The minimum Gasteiger partial charge on any atom is -0.478 e. The number of carboxylic acid groups (broad SMARTS) is 1. The van der Waals surface area contributed by atoms with Crippen LogP contribution in [0.2, 0.25) is 0 Å². The molecule has 110 valence electrons. The van der Waals surface area contributed by atoms with Crippen molar-refractivity contribution in [3.05, 3.63) is 28.3 Å². The highest BCUT2D eigenvalue weighted by molar-refractivity contribution is 5.96. The predicted molar refractivity (Wildman–Crippen MR) is 77.5 cm³/mol. The zero-order chi connectivity index (χ0) is 15.7. The van der Waals surface area contributed by atoms with Crippen LogP contribution < -0.4 is 5.32 Å². The first kappa shape index (κ1) is 16.0. The van der Waals surface area contributed by atoms with Crippen LogP contribution in [0.25, 0.3) is 0 Å². The molecule has 0 aliphatic carbocycles. The van der Waals surface area contributed by atoms with E-state index in [4.69, 9.17) is 4.74 Å². The van der Waals surface area contributed by atoms with Gasteiger partial charge in [-0.25, -0.2) is 9.59 Å². The van der Waals surface area contributed by atoms with Crippen molar-refractivity contribution in [2.45, 2.75) is 47.1 Å². The summed E-state index contributed by atoms with van der Waals surface area (Å²) < 4.78 is 5.18. The lowest BCUT2D eigenvalue weighted by atomic mass is 9.97.